The summed E-state index contributed by atoms with van der Waals surface area (Å²) in [6.07, 6.45) is 0. The summed E-state index contributed by atoms with van der Waals surface area (Å²) in [6, 6.07) is 12.8. The van der Waals surface area contributed by atoms with Crippen LogP contribution in [0.3, 0.4) is 0 Å². The van der Waals surface area contributed by atoms with Gasteiger partial charge in [0, 0.05) is 16.8 Å². The van der Waals surface area contributed by atoms with E-state index >= 15 is 0 Å². The fourth-order valence-electron chi connectivity index (χ4n) is 2.22. The van der Waals surface area contributed by atoms with Crippen LogP contribution >= 0.6 is 23.2 Å². The molecule has 0 aliphatic heterocycles. The molecule has 21 heavy (non-hydrogen) atoms. The summed E-state index contributed by atoms with van der Waals surface area (Å²) in [5.74, 6) is -0.128. The molecule has 0 N–H and O–H groups in total. The lowest BCUT2D eigenvalue weighted by Crippen LogP contribution is -2.37. The lowest BCUT2D eigenvalue weighted by atomic mass is 10.1. The van der Waals surface area contributed by atoms with Crippen molar-refractivity contribution in [2.24, 2.45) is 0 Å². The zero-order chi connectivity index (χ0) is 15.6. The van der Waals surface area contributed by atoms with Gasteiger partial charge in [0.2, 0.25) is 0 Å². The third-order valence-corrected chi connectivity index (χ3v) is 3.72. The second kappa shape index (κ2) is 6.50. The molecule has 2 aromatic carbocycles. The molecule has 0 bridgehead atoms. The fourth-order valence-corrected chi connectivity index (χ4v) is 2.71. The van der Waals surface area contributed by atoms with Crippen LogP contribution in [0, 0.1) is 6.92 Å². The Morgan fingerprint density at radius 2 is 1.81 bits per heavy atom. The Kier molecular flexibility index (Phi) is 4.92. The number of halogens is 2. The summed E-state index contributed by atoms with van der Waals surface area (Å²) < 4.78 is 0. The Balaban J connectivity index is 2.45. The van der Waals surface area contributed by atoms with Crippen molar-refractivity contribution in [2.75, 3.05) is 4.90 Å². The highest BCUT2D eigenvalue weighted by Crippen LogP contribution is 2.26. The number of carbonyl (C=O) groups is 1. The molecule has 4 heteroatoms. The minimum atomic E-state index is -0.128. The number of hydrogen-bond acceptors (Lipinski definition) is 1. The second-order valence-electron chi connectivity index (χ2n) is 5.23. The number of carbonyl (C=O) groups excluding carboxylic acids is 1. The molecule has 2 nitrogen and oxygen atoms in total. The number of nitrogens with zero attached hydrogens (tertiary/aromatic N) is 1. The summed E-state index contributed by atoms with van der Waals surface area (Å²) in [4.78, 5) is 14.6. The van der Waals surface area contributed by atoms with Crippen molar-refractivity contribution in [3.05, 3.63) is 63.6 Å². The van der Waals surface area contributed by atoms with Crippen LogP contribution in [0.1, 0.15) is 29.8 Å². The normalized spacial score (nSPS) is 10.8. The maximum Gasteiger partial charge on any atom is 0.260 e. The SMILES string of the molecule is Cc1cccc(N(C(=O)c2ccc(Cl)cc2Cl)C(C)C)c1. The number of hydrogen-bond donors (Lipinski definition) is 0. The third kappa shape index (κ3) is 3.58. The highest BCUT2D eigenvalue weighted by molar-refractivity contribution is 6.37. The first-order valence-corrected chi connectivity index (χ1v) is 7.51. The molecule has 0 saturated heterocycles. The van der Waals surface area contributed by atoms with Crippen LogP contribution in [0.4, 0.5) is 5.69 Å². The average Bonchev–Trinajstić information content (AvgIpc) is 2.38. The van der Waals surface area contributed by atoms with Gasteiger partial charge in [0.25, 0.3) is 5.91 Å². The van der Waals surface area contributed by atoms with Gasteiger partial charge in [0.1, 0.15) is 0 Å². The van der Waals surface area contributed by atoms with Crippen LogP contribution in [-0.4, -0.2) is 11.9 Å². The number of rotatable bonds is 3. The van der Waals surface area contributed by atoms with Gasteiger partial charge in [-0.05, 0) is 56.7 Å². The van der Waals surface area contributed by atoms with E-state index < -0.39 is 0 Å². The van der Waals surface area contributed by atoms with Crippen LogP contribution in [-0.2, 0) is 0 Å². The lowest BCUT2D eigenvalue weighted by Gasteiger charge is -2.27. The first-order valence-electron chi connectivity index (χ1n) is 6.75. The number of aryl methyl sites for hydroxylation is 1. The molecule has 0 fully saturated rings. The maximum atomic E-state index is 12.8. The topological polar surface area (TPSA) is 20.3 Å². The van der Waals surface area contributed by atoms with E-state index in [0.29, 0.717) is 15.6 Å². The van der Waals surface area contributed by atoms with E-state index in [0.717, 1.165) is 11.3 Å². The summed E-state index contributed by atoms with van der Waals surface area (Å²) in [5.41, 5.74) is 2.42. The van der Waals surface area contributed by atoms with Crippen molar-refractivity contribution in [3.63, 3.8) is 0 Å². The molecule has 2 aromatic rings. The molecule has 0 radical (unpaired) electrons. The van der Waals surface area contributed by atoms with E-state index in [4.69, 9.17) is 23.2 Å². The Bertz CT molecular complexity index is 668. The van der Waals surface area contributed by atoms with E-state index in [2.05, 4.69) is 0 Å². The lowest BCUT2D eigenvalue weighted by molar-refractivity contribution is 0.0980. The zero-order valence-corrected chi connectivity index (χ0v) is 13.7. The van der Waals surface area contributed by atoms with Crippen molar-refractivity contribution >= 4 is 34.8 Å². The van der Waals surface area contributed by atoms with Crippen molar-refractivity contribution in [1.29, 1.82) is 0 Å². The minimum Gasteiger partial charge on any atom is -0.306 e. The van der Waals surface area contributed by atoms with Gasteiger partial charge in [-0.25, -0.2) is 0 Å². The summed E-state index contributed by atoms with van der Waals surface area (Å²) in [5, 5.41) is 0.883. The highest BCUT2D eigenvalue weighted by atomic mass is 35.5. The van der Waals surface area contributed by atoms with Gasteiger partial charge in [-0.3, -0.25) is 4.79 Å². The van der Waals surface area contributed by atoms with Crippen molar-refractivity contribution < 1.29 is 4.79 Å². The standard InChI is InChI=1S/C17H17Cl2NO/c1-11(2)20(14-6-4-5-12(3)9-14)17(21)15-8-7-13(18)10-16(15)19/h4-11H,1-3H3. The molecule has 110 valence electrons. The van der Waals surface area contributed by atoms with Crippen LogP contribution < -0.4 is 4.90 Å². The number of anilines is 1. The fraction of sp³-hybridized carbons (Fsp3) is 0.235. The molecule has 0 atom stereocenters. The first kappa shape index (κ1) is 15.9. The molecule has 0 aliphatic rings. The summed E-state index contributed by atoms with van der Waals surface area (Å²) in [6.45, 7) is 5.95. The van der Waals surface area contributed by atoms with Crippen molar-refractivity contribution in [2.45, 2.75) is 26.8 Å². The van der Waals surface area contributed by atoms with Crippen molar-refractivity contribution in [3.8, 4) is 0 Å². The predicted octanol–water partition coefficient (Wildman–Crippen LogP) is 5.36. The first-order chi connectivity index (χ1) is 9.90. The van der Waals surface area contributed by atoms with Gasteiger partial charge in [0.15, 0.2) is 0 Å². The van der Waals surface area contributed by atoms with Crippen LogP contribution in [0.25, 0.3) is 0 Å². The Morgan fingerprint density at radius 1 is 1.10 bits per heavy atom. The molecular formula is C17H17Cl2NO. The van der Waals surface area contributed by atoms with E-state index in [1.54, 1.807) is 23.1 Å². The molecule has 0 saturated carbocycles. The highest BCUT2D eigenvalue weighted by Gasteiger charge is 2.22. The molecule has 1 amide bonds. The molecule has 0 aromatic heterocycles. The molecule has 0 heterocycles. The second-order valence-corrected chi connectivity index (χ2v) is 6.08. The largest absolute Gasteiger partial charge is 0.306 e. The van der Waals surface area contributed by atoms with Crippen LogP contribution in [0.2, 0.25) is 10.0 Å². The predicted molar refractivity (Wildman–Crippen MR) is 89.6 cm³/mol. The van der Waals surface area contributed by atoms with Gasteiger partial charge in [-0.15, -0.1) is 0 Å². The summed E-state index contributed by atoms with van der Waals surface area (Å²) >= 11 is 12.1. The maximum absolute atomic E-state index is 12.8. The number of benzene rings is 2. The van der Waals surface area contributed by atoms with Gasteiger partial charge in [-0.1, -0.05) is 35.3 Å². The molecule has 0 spiro atoms. The summed E-state index contributed by atoms with van der Waals surface area (Å²) in [7, 11) is 0. The van der Waals surface area contributed by atoms with Gasteiger partial charge >= 0.3 is 0 Å². The van der Waals surface area contributed by atoms with Gasteiger partial charge in [-0.2, -0.15) is 0 Å². The van der Waals surface area contributed by atoms with Gasteiger partial charge in [0.05, 0.1) is 10.6 Å². The monoisotopic (exact) mass is 321 g/mol. The molecule has 2 rings (SSSR count). The van der Waals surface area contributed by atoms with E-state index in [1.807, 2.05) is 45.0 Å². The van der Waals surface area contributed by atoms with Crippen LogP contribution in [0.15, 0.2) is 42.5 Å². The Morgan fingerprint density at radius 3 is 2.38 bits per heavy atom. The molecule has 0 aliphatic carbocycles. The third-order valence-electron chi connectivity index (χ3n) is 3.18. The average molecular weight is 322 g/mol. The Hall–Kier alpha value is -1.51. The smallest absolute Gasteiger partial charge is 0.260 e. The molecular weight excluding hydrogens is 305 g/mol. The number of amides is 1. The Labute approximate surface area is 135 Å². The minimum absolute atomic E-state index is 0.0195. The van der Waals surface area contributed by atoms with E-state index in [-0.39, 0.29) is 11.9 Å². The zero-order valence-electron chi connectivity index (χ0n) is 12.2. The van der Waals surface area contributed by atoms with Gasteiger partial charge < -0.3 is 4.90 Å². The van der Waals surface area contributed by atoms with E-state index in [9.17, 15) is 4.79 Å². The van der Waals surface area contributed by atoms with Crippen LogP contribution in [0.5, 0.6) is 0 Å². The molecule has 0 unspecified atom stereocenters. The van der Waals surface area contributed by atoms with E-state index in [1.165, 1.54) is 0 Å². The van der Waals surface area contributed by atoms with Crippen molar-refractivity contribution in [1.82, 2.24) is 0 Å². The quantitative estimate of drug-likeness (QED) is 0.745.